The molecule has 0 aliphatic heterocycles. The maximum absolute atomic E-state index is 12.6. The summed E-state index contributed by atoms with van der Waals surface area (Å²) in [4.78, 5) is 27.8. The van der Waals surface area contributed by atoms with Gasteiger partial charge in [-0.3, -0.25) is 14.5 Å². The number of ketones is 1. The van der Waals surface area contributed by atoms with Crippen LogP contribution in [0.2, 0.25) is 0 Å². The molecule has 0 heterocycles. The third kappa shape index (κ3) is 5.96. The van der Waals surface area contributed by atoms with Gasteiger partial charge in [0.05, 0.1) is 13.1 Å². The van der Waals surface area contributed by atoms with Crippen LogP contribution in [0.5, 0.6) is 0 Å². The lowest BCUT2D eigenvalue weighted by molar-refractivity contribution is -0.136. The highest BCUT2D eigenvalue weighted by molar-refractivity contribution is 5.86. The van der Waals surface area contributed by atoms with Gasteiger partial charge in [0.25, 0.3) is 0 Å². The zero-order valence-electron chi connectivity index (χ0n) is 15.1. The lowest BCUT2D eigenvalue weighted by Crippen LogP contribution is -2.41. The highest BCUT2D eigenvalue weighted by Gasteiger charge is 2.17. The van der Waals surface area contributed by atoms with Crippen LogP contribution in [-0.4, -0.2) is 54.7 Å². The second-order valence-electron chi connectivity index (χ2n) is 6.51. The number of Topliss-reactive ketones (excluding diaryl/α,β-unsaturated/α-hetero) is 1. The molecule has 0 bridgehead atoms. The SMILES string of the molecule is CC(=O)CN(Cc1ccc2ccccc2c1)C(=O)CN(C)CCCN. The Morgan fingerprint density at radius 2 is 1.76 bits per heavy atom. The van der Waals surface area contributed by atoms with Gasteiger partial charge < -0.3 is 10.6 Å². The molecule has 5 nitrogen and oxygen atoms in total. The van der Waals surface area contributed by atoms with E-state index in [-0.39, 0.29) is 18.2 Å². The molecular weight excluding hydrogens is 314 g/mol. The van der Waals surface area contributed by atoms with E-state index in [9.17, 15) is 9.59 Å². The first-order chi connectivity index (χ1) is 12.0. The van der Waals surface area contributed by atoms with Crippen molar-refractivity contribution < 1.29 is 9.59 Å². The fourth-order valence-corrected chi connectivity index (χ4v) is 2.83. The summed E-state index contributed by atoms with van der Waals surface area (Å²) in [6, 6.07) is 14.3. The van der Waals surface area contributed by atoms with Crippen LogP contribution in [0.1, 0.15) is 18.9 Å². The molecule has 0 radical (unpaired) electrons. The van der Waals surface area contributed by atoms with E-state index in [1.165, 1.54) is 6.92 Å². The molecule has 2 aromatic carbocycles. The fourth-order valence-electron chi connectivity index (χ4n) is 2.83. The van der Waals surface area contributed by atoms with Gasteiger partial charge in [0.1, 0.15) is 5.78 Å². The van der Waals surface area contributed by atoms with Crippen LogP contribution in [0.25, 0.3) is 10.8 Å². The van der Waals surface area contributed by atoms with E-state index >= 15 is 0 Å². The van der Waals surface area contributed by atoms with Crippen molar-refractivity contribution in [3.05, 3.63) is 48.0 Å². The average Bonchev–Trinajstić information content (AvgIpc) is 2.58. The molecule has 2 N–H and O–H groups in total. The summed E-state index contributed by atoms with van der Waals surface area (Å²) in [6.45, 7) is 3.75. The van der Waals surface area contributed by atoms with E-state index in [1.54, 1.807) is 4.90 Å². The number of hydrogen-bond donors (Lipinski definition) is 1. The number of hydrogen-bond acceptors (Lipinski definition) is 4. The zero-order chi connectivity index (χ0) is 18.2. The van der Waals surface area contributed by atoms with Gasteiger partial charge in [0, 0.05) is 6.54 Å². The Bertz CT molecular complexity index is 730. The summed E-state index contributed by atoms with van der Waals surface area (Å²) in [5.74, 6) is -0.0540. The maximum Gasteiger partial charge on any atom is 0.237 e. The van der Waals surface area contributed by atoms with Crippen LogP contribution in [-0.2, 0) is 16.1 Å². The van der Waals surface area contributed by atoms with Crippen molar-refractivity contribution >= 4 is 22.5 Å². The minimum Gasteiger partial charge on any atom is -0.330 e. The Labute approximate surface area is 149 Å². The van der Waals surface area contributed by atoms with E-state index in [4.69, 9.17) is 5.73 Å². The summed E-state index contributed by atoms with van der Waals surface area (Å²) in [7, 11) is 1.90. The Hall–Kier alpha value is -2.24. The van der Waals surface area contributed by atoms with E-state index in [2.05, 4.69) is 24.3 Å². The Balaban J connectivity index is 2.10. The second kappa shape index (κ2) is 9.30. The number of nitrogens with zero attached hydrogens (tertiary/aromatic N) is 2. The van der Waals surface area contributed by atoms with Gasteiger partial charge in [0.2, 0.25) is 5.91 Å². The summed E-state index contributed by atoms with van der Waals surface area (Å²) in [5.41, 5.74) is 6.54. The molecule has 0 aromatic heterocycles. The van der Waals surface area contributed by atoms with Gasteiger partial charge in [-0.05, 0) is 55.9 Å². The molecule has 5 heteroatoms. The monoisotopic (exact) mass is 341 g/mol. The predicted octanol–water partition coefficient (Wildman–Crippen LogP) is 2.04. The fraction of sp³-hybridized carbons (Fsp3) is 0.400. The zero-order valence-corrected chi connectivity index (χ0v) is 15.1. The van der Waals surface area contributed by atoms with E-state index in [0.29, 0.717) is 19.6 Å². The number of likely N-dealkylation sites (N-methyl/N-ethyl adjacent to an activating group) is 1. The van der Waals surface area contributed by atoms with E-state index in [1.807, 2.05) is 30.1 Å². The lowest BCUT2D eigenvalue weighted by Gasteiger charge is -2.25. The number of benzene rings is 2. The first-order valence-electron chi connectivity index (χ1n) is 8.63. The van der Waals surface area contributed by atoms with Crippen molar-refractivity contribution in [2.24, 2.45) is 5.73 Å². The minimum absolute atomic E-state index is 0.0150. The van der Waals surface area contributed by atoms with Gasteiger partial charge >= 0.3 is 0 Å². The van der Waals surface area contributed by atoms with Crippen molar-refractivity contribution in [2.45, 2.75) is 19.9 Å². The van der Waals surface area contributed by atoms with Gasteiger partial charge in [-0.25, -0.2) is 0 Å². The molecule has 1 amide bonds. The number of carbonyl (C=O) groups is 2. The molecule has 0 atom stereocenters. The molecule has 0 unspecified atom stereocenters. The smallest absolute Gasteiger partial charge is 0.237 e. The van der Waals surface area contributed by atoms with Gasteiger partial charge in [-0.1, -0.05) is 36.4 Å². The normalized spacial score (nSPS) is 11.0. The topological polar surface area (TPSA) is 66.6 Å². The van der Waals surface area contributed by atoms with Crippen LogP contribution in [0.4, 0.5) is 0 Å². The van der Waals surface area contributed by atoms with Crippen LogP contribution in [0.15, 0.2) is 42.5 Å². The number of amides is 1. The average molecular weight is 341 g/mol. The first-order valence-corrected chi connectivity index (χ1v) is 8.63. The highest BCUT2D eigenvalue weighted by atomic mass is 16.2. The summed E-state index contributed by atoms with van der Waals surface area (Å²) >= 11 is 0. The summed E-state index contributed by atoms with van der Waals surface area (Å²) < 4.78 is 0. The van der Waals surface area contributed by atoms with Gasteiger partial charge in [-0.2, -0.15) is 0 Å². The first kappa shape index (κ1) is 19.1. The molecule has 0 aliphatic rings. The van der Waals surface area contributed by atoms with Crippen molar-refractivity contribution in [1.29, 1.82) is 0 Å². The molecule has 2 rings (SSSR count). The predicted molar refractivity (Wildman–Crippen MR) is 101 cm³/mol. The number of rotatable bonds is 9. The quantitative estimate of drug-likeness (QED) is 0.758. The standard InChI is InChI=1S/C20H27N3O2/c1-16(24)13-23(20(25)15-22(2)11-5-10-21)14-17-8-9-18-6-3-4-7-19(18)12-17/h3-4,6-9,12H,5,10-11,13-15,21H2,1-2H3. The van der Waals surface area contributed by atoms with Crippen LogP contribution in [0, 0.1) is 0 Å². The van der Waals surface area contributed by atoms with Gasteiger partial charge in [-0.15, -0.1) is 0 Å². The van der Waals surface area contributed by atoms with E-state index in [0.717, 1.165) is 29.3 Å². The summed E-state index contributed by atoms with van der Waals surface area (Å²) in [6.07, 6.45) is 0.848. The number of nitrogens with two attached hydrogens (primary N) is 1. The van der Waals surface area contributed by atoms with Gasteiger partial charge in [0.15, 0.2) is 0 Å². The van der Waals surface area contributed by atoms with E-state index < -0.39 is 0 Å². The van der Waals surface area contributed by atoms with Crippen molar-refractivity contribution in [2.75, 3.05) is 33.2 Å². The second-order valence-corrected chi connectivity index (χ2v) is 6.51. The largest absolute Gasteiger partial charge is 0.330 e. The third-order valence-corrected chi connectivity index (χ3v) is 4.10. The van der Waals surface area contributed by atoms with Crippen molar-refractivity contribution in [3.63, 3.8) is 0 Å². The third-order valence-electron chi connectivity index (χ3n) is 4.10. The van der Waals surface area contributed by atoms with Crippen molar-refractivity contribution in [3.8, 4) is 0 Å². The molecule has 25 heavy (non-hydrogen) atoms. The molecular formula is C20H27N3O2. The van der Waals surface area contributed by atoms with Crippen LogP contribution < -0.4 is 5.73 Å². The Morgan fingerprint density at radius 1 is 1.04 bits per heavy atom. The molecule has 0 aliphatic carbocycles. The Morgan fingerprint density at radius 3 is 2.44 bits per heavy atom. The molecule has 134 valence electrons. The lowest BCUT2D eigenvalue weighted by atomic mass is 10.1. The molecule has 0 saturated carbocycles. The molecule has 2 aromatic rings. The minimum atomic E-state index is -0.0390. The number of fused-ring (bicyclic) bond motifs is 1. The highest BCUT2D eigenvalue weighted by Crippen LogP contribution is 2.17. The number of carbonyl (C=O) groups excluding carboxylic acids is 2. The molecule has 0 fully saturated rings. The molecule has 0 saturated heterocycles. The van der Waals surface area contributed by atoms with Crippen LogP contribution >= 0.6 is 0 Å². The molecule has 0 spiro atoms. The van der Waals surface area contributed by atoms with Crippen molar-refractivity contribution in [1.82, 2.24) is 9.80 Å². The Kier molecular flexibility index (Phi) is 7.10. The van der Waals surface area contributed by atoms with Crippen LogP contribution in [0.3, 0.4) is 0 Å². The summed E-state index contributed by atoms with van der Waals surface area (Å²) in [5, 5.41) is 2.30. The maximum atomic E-state index is 12.6.